The van der Waals surface area contributed by atoms with Crippen LogP contribution < -0.4 is 4.72 Å². The largest absolute Gasteiger partial charge is 0.380 e. The van der Waals surface area contributed by atoms with Gasteiger partial charge in [0.05, 0.1) is 12.6 Å². The highest BCUT2D eigenvalue weighted by Crippen LogP contribution is 2.41. The molecule has 0 radical (unpaired) electrons. The first-order chi connectivity index (χ1) is 16.1. The van der Waals surface area contributed by atoms with E-state index >= 15 is 13.2 Å². The zero-order valence-corrected chi connectivity index (χ0v) is 19.9. The molecule has 1 amide bonds. The summed E-state index contributed by atoms with van der Waals surface area (Å²) in [7, 11) is 0. The normalized spacial score (nSPS) is 23.1. The third-order valence-corrected chi connectivity index (χ3v) is 7.39. The van der Waals surface area contributed by atoms with Crippen LogP contribution in [-0.4, -0.2) is 51.8 Å². The van der Waals surface area contributed by atoms with Gasteiger partial charge in [0.1, 0.15) is 23.3 Å². The monoisotopic (exact) mass is 496 g/mol. The van der Waals surface area contributed by atoms with Crippen molar-refractivity contribution >= 4 is 17.9 Å². The molecule has 1 saturated carbocycles. The third-order valence-electron chi connectivity index (χ3n) is 6.68. The summed E-state index contributed by atoms with van der Waals surface area (Å²) in [4.78, 5) is 14.1. The van der Waals surface area contributed by atoms with Crippen LogP contribution in [0.4, 0.5) is 17.6 Å². The maximum absolute atomic E-state index is 15.6. The van der Waals surface area contributed by atoms with Crippen LogP contribution in [0.15, 0.2) is 36.4 Å². The van der Waals surface area contributed by atoms with Crippen molar-refractivity contribution in [3.8, 4) is 11.1 Å². The molecule has 34 heavy (non-hydrogen) atoms. The van der Waals surface area contributed by atoms with E-state index in [0.717, 1.165) is 16.8 Å². The third kappa shape index (κ3) is 4.70. The molecule has 2 aromatic carbocycles. The Kier molecular flexibility index (Phi) is 6.99. The average molecular weight is 497 g/mol. The summed E-state index contributed by atoms with van der Waals surface area (Å²) < 4.78 is 62.4. The fourth-order valence-corrected chi connectivity index (χ4v) is 5.44. The lowest BCUT2D eigenvalue weighted by Gasteiger charge is -2.40. The molecule has 0 bridgehead atoms. The summed E-state index contributed by atoms with van der Waals surface area (Å²) in [6.07, 6.45) is 0.929. The van der Waals surface area contributed by atoms with Crippen LogP contribution >= 0.6 is 11.9 Å². The molecule has 2 aliphatic rings. The zero-order valence-electron chi connectivity index (χ0n) is 19.1. The number of benzene rings is 2. The second-order valence-electron chi connectivity index (χ2n) is 9.18. The fraction of sp³-hybridized carbons (Fsp3) is 0.480. The smallest absolute Gasteiger partial charge is 0.283 e. The number of nitrogens with one attached hydrogen (secondary N) is 1. The number of halogens is 4. The van der Waals surface area contributed by atoms with Gasteiger partial charge in [0.2, 0.25) is 0 Å². The van der Waals surface area contributed by atoms with Gasteiger partial charge in [0.15, 0.2) is 0 Å². The molecule has 0 aromatic heterocycles. The molecule has 2 fully saturated rings. The first-order valence-electron chi connectivity index (χ1n) is 11.4. The van der Waals surface area contributed by atoms with Gasteiger partial charge < -0.3 is 10.0 Å². The second kappa shape index (κ2) is 9.51. The molecule has 1 heterocycles. The van der Waals surface area contributed by atoms with E-state index in [-0.39, 0.29) is 30.4 Å². The van der Waals surface area contributed by atoms with Gasteiger partial charge in [0.25, 0.3) is 11.8 Å². The number of aryl methyl sites for hydroxylation is 1. The standard InChI is InChI=1S/C25H28F4N2O2S/c1-3-34-30-22-20(31(14-25(22,28)29)23(32)24(33)8-5-9-24)13-16-6-4-7-19(21(16)27)17-10-15(2)11-18(26)12-17/h4,6-7,10-12,20,22,30,33H,3,5,8-9,13-14H2,1-2H3/t20-,22+/m0/s1. The predicted octanol–water partition coefficient (Wildman–Crippen LogP) is 4.87. The molecule has 2 N–H and O–H groups in total. The number of hydrogen-bond acceptors (Lipinski definition) is 4. The average Bonchev–Trinajstić information content (AvgIpc) is 3.00. The van der Waals surface area contributed by atoms with Crippen LogP contribution in [0, 0.1) is 18.6 Å². The molecule has 2 atom stereocenters. The molecule has 0 unspecified atom stereocenters. The number of carbonyl (C=O) groups is 1. The predicted molar refractivity (Wildman–Crippen MR) is 125 cm³/mol. The van der Waals surface area contributed by atoms with E-state index in [4.69, 9.17) is 0 Å². The van der Waals surface area contributed by atoms with E-state index in [1.165, 1.54) is 24.3 Å². The number of nitrogens with zero attached hydrogens (tertiary/aromatic N) is 1. The van der Waals surface area contributed by atoms with Gasteiger partial charge in [-0.25, -0.2) is 17.6 Å². The SMILES string of the molecule is CCSN[C@@H]1[C@H](Cc2cccc(-c3cc(C)cc(F)c3)c2F)N(C(=O)C2(O)CCC2)CC1(F)F. The van der Waals surface area contributed by atoms with E-state index in [1.807, 2.05) is 6.92 Å². The minimum absolute atomic E-state index is 0.147. The molecule has 1 saturated heterocycles. The quantitative estimate of drug-likeness (QED) is 0.424. The molecule has 9 heteroatoms. The molecule has 184 valence electrons. The number of aliphatic hydroxyl groups is 1. The summed E-state index contributed by atoms with van der Waals surface area (Å²) in [5, 5.41) is 10.6. The number of likely N-dealkylation sites (tertiary alicyclic amines) is 1. The van der Waals surface area contributed by atoms with E-state index in [2.05, 4.69) is 4.72 Å². The Bertz CT molecular complexity index is 1060. The van der Waals surface area contributed by atoms with Crippen molar-refractivity contribution in [2.24, 2.45) is 0 Å². The van der Waals surface area contributed by atoms with Gasteiger partial charge >= 0.3 is 0 Å². The summed E-state index contributed by atoms with van der Waals surface area (Å²) in [6, 6.07) is 6.33. The maximum Gasteiger partial charge on any atom is 0.283 e. The van der Waals surface area contributed by atoms with Gasteiger partial charge in [-0.15, -0.1) is 0 Å². The maximum atomic E-state index is 15.6. The Morgan fingerprint density at radius 2 is 1.97 bits per heavy atom. The lowest BCUT2D eigenvalue weighted by Crippen LogP contribution is -2.56. The molecular weight excluding hydrogens is 468 g/mol. The molecule has 2 aromatic rings. The van der Waals surface area contributed by atoms with Crippen molar-refractivity contribution in [1.29, 1.82) is 0 Å². The van der Waals surface area contributed by atoms with Gasteiger partial charge in [0, 0.05) is 11.3 Å². The molecule has 4 rings (SSSR count). The van der Waals surface area contributed by atoms with Crippen molar-refractivity contribution in [2.75, 3.05) is 12.3 Å². The van der Waals surface area contributed by atoms with E-state index in [0.29, 0.717) is 23.3 Å². The van der Waals surface area contributed by atoms with Crippen molar-refractivity contribution in [3.05, 3.63) is 59.2 Å². The Morgan fingerprint density at radius 1 is 1.24 bits per heavy atom. The van der Waals surface area contributed by atoms with Crippen LogP contribution in [-0.2, 0) is 11.2 Å². The highest BCUT2D eigenvalue weighted by Gasteiger charge is 2.59. The minimum Gasteiger partial charge on any atom is -0.380 e. The van der Waals surface area contributed by atoms with Crippen molar-refractivity contribution < 1.29 is 27.5 Å². The van der Waals surface area contributed by atoms with Crippen molar-refractivity contribution in [1.82, 2.24) is 9.62 Å². The molecule has 1 aliphatic heterocycles. The summed E-state index contributed by atoms with van der Waals surface area (Å²) in [6.45, 7) is 2.67. The Morgan fingerprint density at radius 3 is 2.59 bits per heavy atom. The fourth-order valence-electron chi connectivity index (χ4n) is 4.76. The minimum atomic E-state index is -3.25. The van der Waals surface area contributed by atoms with Crippen molar-refractivity contribution in [2.45, 2.75) is 63.1 Å². The van der Waals surface area contributed by atoms with E-state index in [9.17, 15) is 14.3 Å². The number of carbonyl (C=O) groups excluding carboxylic acids is 1. The van der Waals surface area contributed by atoms with Gasteiger partial charge in [-0.3, -0.25) is 9.52 Å². The molecule has 4 nitrogen and oxygen atoms in total. The van der Waals surface area contributed by atoms with Crippen LogP contribution in [0.25, 0.3) is 11.1 Å². The van der Waals surface area contributed by atoms with E-state index < -0.39 is 47.7 Å². The van der Waals surface area contributed by atoms with Crippen molar-refractivity contribution in [3.63, 3.8) is 0 Å². The number of hydrogen-bond donors (Lipinski definition) is 2. The lowest BCUT2D eigenvalue weighted by molar-refractivity contribution is -0.162. The Labute approximate surface area is 200 Å². The molecule has 0 spiro atoms. The first-order valence-corrected chi connectivity index (χ1v) is 12.4. The van der Waals surface area contributed by atoms with Gasteiger partial charge in [-0.2, -0.15) is 0 Å². The number of amides is 1. The summed E-state index contributed by atoms with van der Waals surface area (Å²) in [5.74, 6) is -4.59. The molecular formula is C25H28F4N2O2S. The molecule has 1 aliphatic carbocycles. The second-order valence-corrected chi connectivity index (χ2v) is 10.3. The Hall–Kier alpha value is -2.10. The summed E-state index contributed by atoms with van der Waals surface area (Å²) in [5.41, 5.74) is -0.356. The van der Waals surface area contributed by atoms with Crippen LogP contribution in [0.2, 0.25) is 0 Å². The highest BCUT2D eigenvalue weighted by molar-refractivity contribution is 7.97. The summed E-state index contributed by atoms with van der Waals surface area (Å²) >= 11 is 1.10. The zero-order chi connectivity index (χ0) is 24.7. The highest BCUT2D eigenvalue weighted by atomic mass is 32.2. The van der Waals surface area contributed by atoms with Crippen LogP contribution in [0.3, 0.4) is 0 Å². The van der Waals surface area contributed by atoms with Gasteiger partial charge in [-0.05, 0) is 61.4 Å². The Balaban J connectivity index is 1.70. The van der Waals surface area contributed by atoms with Crippen LogP contribution in [0.5, 0.6) is 0 Å². The lowest BCUT2D eigenvalue weighted by atomic mass is 9.79. The number of rotatable bonds is 7. The number of alkyl halides is 2. The van der Waals surface area contributed by atoms with Crippen LogP contribution in [0.1, 0.15) is 37.3 Å². The van der Waals surface area contributed by atoms with Gasteiger partial charge in [-0.1, -0.05) is 43.1 Å². The van der Waals surface area contributed by atoms with E-state index in [1.54, 1.807) is 19.1 Å². The topological polar surface area (TPSA) is 52.6 Å². The first kappa shape index (κ1) is 25.0.